The molecule has 1 heterocycles. The number of nitrogens with zero attached hydrogens (tertiary/aromatic N) is 3. The molecular weight excluding hydrogens is 312 g/mol. The van der Waals surface area contributed by atoms with Crippen molar-refractivity contribution in [3.63, 3.8) is 0 Å². The first-order valence-corrected chi connectivity index (χ1v) is 5.93. The molecular formula is C12H7BrN4O2. The topological polar surface area (TPSA) is 98.9 Å². The van der Waals surface area contributed by atoms with Gasteiger partial charge in [-0.15, -0.1) is 10.2 Å². The molecule has 6 nitrogen and oxygen atoms in total. The van der Waals surface area contributed by atoms with Gasteiger partial charge in [0.2, 0.25) is 0 Å². The van der Waals surface area contributed by atoms with E-state index in [1.54, 1.807) is 18.2 Å². The largest absolute Gasteiger partial charge is 0.476 e. The van der Waals surface area contributed by atoms with E-state index in [-0.39, 0.29) is 5.69 Å². The summed E-state index contributed by atoms with van der Waals surface area (Å²) in [4.78, 5) is 10.6. The number of halogens is 1. The Kier molecular flexibility index (Phi) is 3.73. The minimum Gasteiger partial charge on any atom is -0.476 e. The van der Waals surface area contributed by atoms with Gasteiger partial charge in [-0.25, -0.2) is 4.79 Å². The van der Waals surface area contributed by atoms with E-state index in [0.29, 0.717) is 21.5 Å². The maximum atomic E-state index is 10.6. The molecule has 0 radical (unpaired) electrons. The predicted molar refractivity (Wildman–Crippen MR) is 71.1 cm³/mol. The minimum atomic E-state index is -1.13. The van der Waals surface area contributed by atoms with Gasteiger partial charge in [0, 0.05) is 4.47 Å². The first kappa shape index (κ1) is 13.0. The summed E-state index contributed by atoms with van der Waals surface area (Å²) in [7, 11) is 0. The molecule has 7 heteroatoms. The van der Waals surface area contributed by atoms with E-state index >= 15 is 0 Å². The van der Waals surface area contributed by atoms with Gasteiger partial charge in [-0.2, -0.15) is 5.26 Å². The third-order valence-corrected chi connectivity index (χ3v) is 2.90. The highest BCUT2D eigenvalue weighted by Gasteiger charge is 2.06. The van der Waals surface area contributed by atoms with Gasteiger partial charge in [0.15, 0.2) is 11.5 Å². The molecule has 0 aliphatic heterocycles. The molecule has 2 rings (SSSR count). The molecule has 0 atom stereocenters. The average molecular weight is 319 g/mol. The molecule has 19 heavy (non-hydrogen) atoms. The lowest BCUT2D eigenvalue weighted by atomic mass is 10.2. The van der Waals surface area contributed by atoms with Crippen LogP contribution < -0.4 is 5.32 Å². The van der Waals surface area contributed by atoms with Gasteiger partial charge >= 0.3 is 5.97 Å². The summed E-state index contributed by atoms with van der Waals surface area (Å²) in [6, 6.07) is 9.94. The molecule has 0 spiro atoms. The van der Waals surface area contributed by atoms with Crippen LogP contribution in [-0.4, -0.2) is 21.3 Å². The number of hydrogen-bond donors (Lipinski definition) is 2. The lowest BCUT2D eigenvalue weighted by molar-refractivity contribution is 0.0689. The van der Waals surface area contributed by atoms with E-state index in [9.17, 15) is 4.79 Å². The van der Waals surface area contributed by atoms with Crippen LogP contribution in [0.1, 0.15) is 16.1 Å². The van der Waals surface area contributed by atoms with Crippen molar-refractivity contribution in [3.05, 3.63) is 46.1 Å². The Balaban J connectivity index is 2.22. The molecule has 0 fully saturated rings. The molecule has 0 unspecified atom stereocenters. The van der Waals surface area contributed by atoms with E-state index in [1.165, 1.54) is 12.1 Å². The Bertz CT molecular complexity index is 664. The van der Waals surface area contributed by atoms with Gasteiger partial charge < -0.3 is 10.4 Å². The Morgan fingerprint density at radius 3 is 2.63 bits per heavy atom. The Hall–Kier alpha value is -2.46. The zero-order chi connectivity index (χ0) is 13.8. The normalized spacial score (nSPS) is 9.68. The first-order valence-electron chi connectivity index (χ1n) is 5.14. The summed E-state index contributed by atoms with van der Waals surface area (Å²) in [5.74, 6) is -0.714. The third kappa shape index (κ3) is 3.05. The molecule has 2 N–H and O–H groups in total. The molecule has 0 saturated heterocycles. The van der Waals surface area contributed by atoms with Gasteiger partial charge in [0.05, 0.1) is 17.3 Å². The second kappa shape index (κ2) is 5.46. The predicted octanol–water partition coefficient (Wildman–Crippen LogP) is 2.55. The number of anilines is 2. The number of rotatable bonds is 3. The molecule has 2 aromatic rings. The summed E-state index contributed by atoms with van der Waals surface area (Å²) in [6.07, 6.45) is 0. The van der Waals surface area contributed by atoms with Crippen molar-refractivity contribution in [1.82, 2.24) is 10.2 Å². The van der Waals surface area contributed by atoms with Crippen LogP contribution in [0.3, 0.4) is 0 Å². The van der Waals surface area contributed by atoms with E-state index < -0.39 is 5.97 Å². The number of nitriles is 1. The van der Waals surface area contributed by atoms with Gasteiger partial charge in [-0.05, 0) is 46.3 Å². The number of carboxylic acid groups (broad SMARTS) is 1. The van der Waals surface area contributed by atoms with Crippen LogP contribution >= 0.6 is 15.9 Å². The fourth-order valence-electron chi connectivity index (χ4n) is 1.34. The first-order chi connectivity index (χ1) is 9.10. The van der Waals surface area contributed by atoms with Crippen LogP contribution in [0.4, 0.5) is 11.5 Å². The summed E-state index contributed by atoms with van der Waals surface area (Å²) in [5, 5.41) is 27.7. The smallest absolute Gasteiger partial charge is 0.356 e. The number of nitrogens with one attached hydrogen (secondary N) is 1. The number of carbonyl (C=O) groups is 1. The molecule has 0 aliphatic rings. The fourth-order valence-corrected chi connectivity index (χ4v) is 1.81. The number of aromatic carboxylic acids is 1. The highest BCUT2D eigenvalue weighted by atomic mass is 79.9. The van der Waals surface area contributed by atoms with Gasteiger partial charge in [-0.3, -0.25) is 0 Å². The molecule has 1 aromatic carbocycles. The zero-order valence-electron chi connectivity index (χ0n) is 9.46. The molecule has 0 bridgehead atoms. The maximum absolute atomic E-state index is 10.6. The Labute approximate surface area is 116 Å². The summed E-state index contributed by atoms with van der Waals surface area (Å²) in [6.45, 7) is 0. The SMILES string of the molecule is N#Cc1ccc(Nc2ccc(C(=O)O)nn2)c(Br)c1. The Morgan fingerprint density at radius 1 is 1.32 bits per heavy atom. The van der Waals surface area contributed by atoms with E-state index in [2.05, 4.69) is 31.4 Å². The zero-order valence-corrected chi connectivity index (χ0v) is 11.0. The van der Waals surface area contributed by atoms with Gasteiger partial charge in [-0.1, -0.05) is 0 Å². The molecule has 0 saturated carbocycles. The van der Waals surface area contributed by atoms with Crippen LogP contribution in [-0.2, 0) is 0 Å². The number of carboxylic acids is 1. The summed E-state index contributed by atoms with van der Waals surface area (Å²) in [5.41, 5.74) is 1.12. The number of hydrogen-bond acceptors (Lipinski definition) is 5. The monoisotopic (exact) mass is 318 g/mol. The second-order valence-electron chi connectivity index (χ2n) is 3.54. The highest BCUT2D eigenvalue weighted by Crippen LogP contribution is 2.25. The van der Waals surface area contributed by atoms with Gasteiger partial charge in [0.25, 0.3) is 0 Å². The van der Waals surface area contributed by atoms with Crippen LogP contribution in [0, 0.1) is 11.3 Å². The minimum absolute atomic E-state index is 0.121. The number of benzene rings is 1. The molecule has 0 amide bonds. The van der Waals surface area contributed by atoms with Gasteiger partial charge in [0.1, 0.15) is 0 Å². The lowest BCUT2D eigenvalue weighted by Gasteiger charge is -2.07. The van der Waals surface area contributed by atoms with Crippen molar-refractivity contribution in [2.45, 2.75) is 0 Å². The van der Waals surface area contributed by atoms with Crippen molar-refractivity contribution in [1.29, 1.82) is 5.26 Å². The van der Waals surface area contributed by atoms with E-state index in [0.717, 1.165) is 0 Å². The highest BCUT2D eigenvalue weighted by molar-refractivity contribution is 9.10. The quantitative estimate of drug-likeness (QED) is 0.902. The molecule has 0 aliphatic carbocycles. The second-order valence-corrected chi connectivity index (χ2v) is 4.39. The lowest BCUT2D eigenvalue weighted by Crippen LogP contribution is -2.03. The van der Waals surface area contributed by atoms with Crippen LogP contribution in [0.2, 0.25) is 0 Å². The van der Waals surface area contributed by atoms with Crippen molar-refractivity contribution >= 4 is 33.4 Å². The number of aromatic nitrogens is 2. The van der Waals surface area contributed by atoms with Crippen molar-refractivity contribution < 1.29 is 9.90 Å². The van der Waals surface area contributed by atoms with Crippen LogP contribution in [0.5, 0.6) is 0 Å². The molecule has 94 valence electrons. The Morgan fingerprint density at radius 2 is 2.11 bits per heavy atom. The average Bonchev–Trinajstić information content (AvgIpc) is 2.41. The van der Waals surface area contributed by atoms with E-state index in [4.69, 9.17) is 10.4 Å². The summed E-state index contributed by atoms with van der Waals surface area (Å²) >= 11 is 3.33. The van der Waals surface area contributed by atoms with Crippen molar-refractivity contribution in [2.24, 2.45) is 0 Å². The standard InChI is InChI=1S/C12H7BrN4O2/c13-8-5-7(6-14)1-2-9(8)15-11-4-3-10(12(18)19)16-17-11/h1-5H,(H,15,17)(H,18,19). The van der Waals surface area contributed by atoms with Crippen LogP contribution in [0.25, 0.3) is 0 Å². The molecule has 1 aromatic heterocycles. The van der Waals surface area contributed by atoms with E-state index in [1.807, 2.05) is 6.07 Å². The van der Waals surface area contributed by atoms with Crippen LogP contribution in [0.15, 0.2) is 34.8 Å². The van der Waals surface area contributed by atoms with Crippen molar-refractivity contribution in [2.75, 3.05) is 5.32 Å². The summed E-state index contributed by atoms with van der Waals surface area (Å²) < 4.78 is 0.704. The maximum Gasteiger partial charge on any atom is 0.356 e. The fraction of sp³-hybridized carbons (Fsp3) is 0. The van der Waals surface area contributed by atoms with Crippen molar-refractivity contribution in [3.8, 4) is 6.07 Å². The third-order valence-electron chi connectivity index (χ3n) is 2.24.